The summed E-state index contributed by atoms with van der Waals surface area (Å²) in [5.41, 5.74) is -0.0455. The normalized spacial score (nSPS) is 53.3. The molecule has 0 aromatic carbocycles. The summed E-state index contributed by atoms with van der Waals surface area (Å²) in [6, 6.07) is 0. The third-order valence-corrected chi connectivity index (χ3v) is 8.94. The first-order valence-electron chi connectivity index (χ1n) is 9.83. The van der Waals surface area contributed by atoms with E-state index >= 15 is 0 Å². The van der Waals surface area contributed by atoms with E-state index in [9.17, 15) is 13.2 Å². The Morgan fingerprint density at radius 1 is 0.783 bits per heavy atom. The molecule has 0 spiro atoms. The first-order chi connectivity index (χ1) is 10.8. The van der Waals surface area contributed by atoms with Gasteiger partial charge in [0.1, 0.15) is 0 Å². The lowest BCUT2D eigenvalue weighted by atomic mass is 9.43. The Kier molecular flexibility index (Phi) is 3.64. The highest BCUT2D eigenvalue weighted by molar-refractivity contribution is 5.09. The minimum absolute atomic E-state index is 0.315. The number of halogens is 3. The van der Waals surface area contributed by atoms with Crippen LogP contribution in [0.15, 0.2) is 0 Å². The Bertz CT molecular complexity index is 470. The van der Waals surface area contributed by atoms with Gasteiger partial charge < -0.3 is 0 Å². The van der Waals surface area contributed by atoms with Gasteiger partial charge in [-0.05, 0) is 85.9 Å². The zero-order valence-electron chi connectivity index (χ0n) is 14.6. The van der Waals surface area contributed by atoms with Gasteiger partial charge in [0.15, 0.2) is 0 Å². The average molecular weight is 328 g/mol. The van der Waals surface area contributed by atoms with Gasteiger partial charge in [0, 0.05) is 0 Å². The summed E-state index contributed by atoms with van der Waals surface area (Å²) in [5.74, 6) is 0.863. The van der Waals surface area contributed by atoms with Crippen LogP contribution in [0.25, 0.3) is 0 Å². The number of hydrogen-bond acceptors (Lipinski definition) is 0. The van der Waals surface area contributed by atoms with Crippen molar-refractivity contribution in [1.29, 1.82) is 0 Å². The van der Waals surface area contributed by atoms with Crippen LogP contribution in [0.1, 0.15) is 78.1 Å². The summed E-state index contributed by atoms with van der Waals surface area (Å²) in [4.78, 5) is 0. The van der Waals surface area contributed by atoms with Crippen molar-refractivity contribution in [3.8, 4) is 0 Å². The maximum atomic E-state index is 13.9. The molecule has 4 rings (SSSR count). The van der Waals surface area contributed by atoms with Crippen LogP contribution in [0.2, 0.25) is 0 Å². The van der Waals surface area contributed by atoms with E-state index in [1.54, 1.807) is 0 Å². The molecule has 0 nitrogen and oxygen atoms in total. The van der Waals surface area contributed by atoms with Gasteiger partial charge in [0.2, 0.25) is 0 Å². The highest BCUT2D eigenvalue weighted by Gasteiger charge is 2.64. The average Bonchev–Trinajstić information content (AvgIpc) is 2.86. The molecule has 0 aromatic heterocycles. The predicted molar refractivity (Wildman–Crippen MR) is 85.9 cm³/mol. The van der Waals surface area contributed by atoms with Crippen molar-refractivity contribution < 1.29 is 13.2 Å². The summed E-state index contributed by atoms with van der Waals surface area (Å²) >= 11 is 0. The fourth-order valence-electron chi connectivity index (χ4n) is 7.86. The van der Waals surface area contributed by atoms with Crippen LogP contribution in [0.5, 0.6) is 0 Å². The highest BCUT2D eigenvalue weighted by Crippen LogP contribution is 2.68. The van der Waals surface area contributed by atoms with Crippen LogP contribution in [0.4, 0.5) is 13.2 Å². The van der Waals surface area contributed by atoms with Crippen molar-refractivity contribution in [2.45, 2.75) is 84.2 Å². The third kappa shape index (κ3) is 2.24. The van der Waals surface area contributed by atoms with E-state index in [4.69, 9.17) is 0 Å². The molecule has 0 bridgehead atoms. The molecule has 4 fully saturated rings. The van der Waals surface area contributed by atoms with Crippen molar-refractivity contribution >= 4 is 0 Å². The van der Waals surface area contributed by atoms with Gasteiger partial charge in [0.25, 0.3) is 0 Å². The quantitative estimate of drug-likeness (QED) is 0.470. The van der Waals surface area contributed by atoms with E-state index in [-0.39, 0.29) is 0 Å². The number of hydrogen-bond donors (Lipinski definition) is 0. The van der Waals surface area contributed by atoms with E-state index in [2.05, 4.69) is 6.92 Å². The molecule has 3 heteroatoms. The third-order valence-electron chi connectivity index (χ3n) is 8.94. The molecule has 0 saturated heterocycles. The maximum absolute atomic E-state index is 13.9. The highest BCUT2D eigenvalue weighted by atomic mass is 19.4. The second-order valence-corrected chi connectivity index (χ2v) is 9.63. The molecule has 7 atom stereocenters. The Hall–Kier alpha value is -0.210. The fraction of sp³-hybridized carbons (Fsp3) is 1.00. The summed E-state index contributed by atoms with van der Waals surface area (Å²) in [6.45, 7) is 4.47. The zero-order chi connectivity index (χ0) is 16.5. The number of fused-ring (bicyclic) bond motifs is 5. The zero-order valence-corrected chi connectivity index (χ0v) is 14.6. The summed E-state index contributed by atoms with van der Waals surface area (Å²) in [7, 11) is 0. The van der Waals surface area contributed by atoms with Crippen molar-refractivity contribution in [3.63, 3.8) is 0 Å². The number of rotatable bonds is 0. The Balaban J connectivity index is 1.70. The van der Waals surface area contributed by atoms with Gasteiger partial charge >= 0.3 is 6.18 Å². The van der Waals surface area contributed by atoms with E-state index in [0.717, 1.165) is 25.7 Å². The van der Waals surface area contributed by atoms with Crippen LogP contribution in [0, 0.1) is 40.4 Å². The lowest BCUT2D eigenvalue weighted by Crippen LogP contribution is -2.57. The van der Waals surface area contributed by atoms with Crippen molar-refractivity contribution in [3.05, 3.63) is 0 Å². The van der Waals surface area contributed by atoms with Gasteiger partial charge in [-0.1, -0.05) is 26.7 Å². The molecule has 0 amide bonds. The van der Waals surface area contributed by atoms with Crippen LogP contribution in [-0.2, 0) is 0 Å². The monoisotopic (exact) mass is 328 g/mol. The van der Waals surface area contributed by atoms with E-state index in [0.29, 0.717) is 35.5 Å². The van der Waals surface area contributed by atoms with Gasteiger partial charge in [-0.25, -0.2) is 0 Å². The summed E-state index contributed by atoms with van der Waals surface area (Å²) < 4.78 is 41.6. The van der Waals surface area contributed by atoms with Crippen LogP contribution >= 0.6 is 0 Å². The Labute approximate surface area is 138 Å². The second-order valence-electron chi connectivity index (χ2n) is 9.63. The molecule has 132 valence electrons. The smallest absolute Gasteiger partial charge is 0.171 e. The van der Waals surface area contributed by atoms with Crippen molar-refractivity contribution in [2.75, 3.05) is 0 Å². The molecule has 4 aliphatic carbocycles. The van der Waals surface area contributed by atoms with Gasteiger partial charge in [-0.15, -0.1) is 0 Å². The molecule has 0 aliphatic heterocycles. The number of alkyl halides is 3. The Morgan fingerprint density at radius 3 is 2.30 bits per heavy atom. The minimum atomic E-state index is -4.01. The fourth-order valence-corrected chi connectivity index (χ4v) is 7.86. The Morgan fingerprint density at radius 2 is 1.57 bits per heavy atom. The molecule has 0 aromatic rings. The van der Waals surface area contributed by atoms with Crippen LogP contribution in [-0.4, -0.2) is 6.18 Å². The summed E-state index contributed by atoms with van der Waals surface area (Å²) in [6.07, 6.45) is 6.55. The standard InChI is InChI=1S/C20H31F3/c1-18-11-4-6-15(18)14-9-8-13-5-3-7-17(20(21,22)23)19(13,2)16(14)10-12-18/h13-17H,3-12H2,1-2H3/t13-,14-,15-,16-,17?,18-,19-/m0/s1. The van der Waals surface area contributed by atoms with Crippen molar-refractivity contribution in [1.82, 2.24) is 0 Å². The van der Waals surface area contributed by atoms with Crippen LogP contribution < -0.4 is 0 Å². The predicted octanol–water partition coefficient (Wildman–Crippen LogP) is 6.60. The molecular formula is C20H31F3. The van der Waals surface area contributed by atoms with Gasteiger partial charge in [-0.2, -0.15) is 13.2 Å². The van der Waals surface area contributed by atoms with Gasteiger partial charge in [-0.3, -0.25) is 0 Å². The second kappa shape index (κ2) is 5.14. The minimum Gasteiger partial charge on any atom is -0.171 e. The molecule has 0 radical (unpaired) electrons. The summed E-state index contributed by atoms with van der Waals surface area (Å²) in [5, 5.41) is 0. The van der Waals surface area contributed by atoms with Gasteiger partial charge in [0.05, 0.1) is 5.92 Å². The lowest BCUT2D eigenvalue weighted by Gasteiger charge is -2.62. The largest absolute Gasteiger partial charge is 0.392 e. The van der Waals surface area contributed by atoms with E-state index in [1.807, 2.05) is 6.92 Å². The van der Waals surface area contributed by atoms with Crippen molar-refractivity contribution in [2.24, 2.45) is 40.4 Å². The first kappa shape index (κ1) is 16.3. The lowest BCUT2D eigenvalue weighted by molar-refractivity contribution is -0.255. The first-order valence-corrected chi connectivity index (χ1v) is 9.83. The van der Waals surface area contributed by atoms with Crippen LogP contribution in [0.3, 0.4) is 0 Å². The SMILES string of the molecule is C[C@@]12CCC[C@H]1[C@@H]1CC[C@@H]3CCCC(C(F)(F)F)[C@]3(C)[C@H]1CC2. The molecule has 0 heterocycles. The maximum Gasteiger partial charge on any atom is 0.392 e. The van der Waals surface area contributed by atoms with E-state index in [1.165, 1.54) is 32.1 Å². The topological polar surface area (TPSA) is 0 Å². The molecular weight excluding hydrogens is 297 g/mol. The molecule has 1 unspecified atom stereocenters. The van der Waals surface area contributed by atoms with E-state index < -0.39 is 17.5 Å². The molecule has 23 heavy (non-hydrogen) atoms. The molecule has 0 N–H and O–H groups in total. The molecule has 4 saturated carbocycles. The molecule has 4 aliphatic rings.